The van der Waals surface area contributed by atoms with E-state index in [1.165, 1.54) is 11.5 Å². The van der Waals surface area contributed by atoms with E-state index in [1.807, 2.05) is 18.2 Å². The Balaban J connectivity index is 1.58. The summed E-state index contributed by atoms with van der Waals surface area (Å²) in [6, 6.07) is 6.05. The van der Waals surface area contributed by atoms with Crippen molar-refractivity contribution >= 4 is 27.5 Å². The highest BCUT2D eigenvalue weighted by atomic mass is 79.9. The highest BCUT2D eigenvalue weighted by molar-refractivity contribution is 9.10. The maximum absolute atomic E-state index is 5.54. The third-order valence-electron chi connectivity index (χ3n) is 4.77. The zero-order chi connectivity index (χ0) is 19.0. The van der Waals surface area contributed by atoms with E-state index >= 15 is 0 Å². The molecule has 1 aliphatic rings. The molecule has 0 amide bonds. The number of methoxy groups -OCH3 is 2. The minimum atomic E-state index is 0.128. The van der Waals surface area contributed by atoms with Crippen molar-refractivity contribution in [1.82, 2.24) is 29.0 Å². The van der Waals surface area contributed by atoms with E-state index in [0.29, 0.717) is 4.73 Å². The lowest BCUT2D eigenvalue weighted by Crippen LogP contribution is -2.36. The SMILES string of the molecule is COc1ccc(CN2CCn3c(-c4nc(Br)ns4)nnc3[C@H]2C)c(OC)c1. The van der Waals surface area contributed by atoms with E-state index in [4.69, 9.17) is 9.47 Å². The van der Waals surface area contributed by atoms with Crippen LogP contribution >= 0.6 is 27.5 Å². The van der Waals surface area contributed by atoms with Gasteiger partial charge in [-0.2, -0.15) is 4.37 Å². The lowest BCUT2D eigenvalue weighted by atomic mass is 10.1. The van der Waals surface area contributed by atoms with Gasteiger partial charge in [0.25, 0.3) is 0 Å². The van der Waals surface area contributed by atoms with Crippen LogP contribution in [0.15, 0.2) is 22.9 Å². The van der Waals surface area contributed by atoms with Crippen LogP contribution in [0.4, 0.5) is 0 Å². The van der Waals surface area contributed by atoms with Crippen LogP contribution in [0, 0.1) is 0 Å². The van der Waals surface area contributed by atoms with Crippen molar-refractivity contribution in [2.45, 2.75) is 26.1 Å². The standard InChI is InChI=1S/C17H19BrN6O2S/c1-10-14-20-21-15(16-19-17(18)22-27-16)24(14)7-6-23(10)9-11-4-5-12(25-2)8-13(11)26-3/h4-5,8,10H,6-7,9H2,1-3H3/t10-/m1/s1. The number of hydrogen-bond donors (Lipinski definition) is 0. The average Bonchev–Trinajstić information content (AvgIpc) is 3.30. The Morgan fingerprint density at radius 2 is 2.07 bits per heavy atom. The molecule has 3 aromatic rings. The summed E-state index contributed by atoms with van der Waals surface area (Å²) >= 11 is 4.62. The highest BCUT2D eigenvalue weighted by Gasteiger charge is 2.30. The van der Waals surface area contributed by atoms with Gasteiger partial charge in [0.2, 0.25) is 4.73 Å². The number of hydrogen-bond acceptors (Lipinski definition) is 8. The zero-order valence-electron chi connectivity index (χ0n) is 15.2. The van der Waals surface area contributed by atoms with Gasteiger partial charge >= 0.3 is 0 Å². The van der Waals surface area contributed by atoms with Crippen LogP contribution in [0.25, 0.3) is 10.8 Å². The van der Waals surface area contributed by atoms with Crippen molar-refractivity contribution in [3.05, 3.63) is 34.3 Å². The van der Waals surface area contributed by atoms with E-state index in [9.17, 15) is 0 Å². The molecule has 1 atom stereocenters. The maximum Gasteiger partial charge on any atom is 0.209 e. The Kier molecular flexibility index (Phi) is 5.11. The topological polar surface area (TPSA) is 78.2 Å². The molecule has 0 saturated heterocycles. The molecule has 10 heteroatoms. The first-order valence-corrected chi connectivity index (χ1v) is 10.0. The van der Waals surface area contributed by atoms with Crippen LogP contribution in [-0.4, -0.2) is 49.8 Å². The van der Waals surface area contributed by atoms with Crippen LogP contribution in [0.2, 0.25) is 0 Å². The number of rotatable bonds is 5. The van der Waals surface area contributed by atoms with Gasteiger partial charge in [0.15, 0.2) is 16.7 Å². The van der Waals surface area contributed by atoms with Crippen molar-refractivity contribution in [2.24, 2.45) is 0 Å². The fraction of sp³-hybridized carbons (Fsp3) is 0.412. The summed E-state index contributed by atoms with van der Waals surface area (Å²) < 4.78 is 17.7. The summed E-state index contributed by atoms with van der Waals surface area (Å²) in [7, 11) is 3.34. The molecular formula is C17H19BrN6O2S. The molecule has 0 saturated carbocycles. The Bertz CT molecular complexity index is 959. The fourth-order valence-electron chi connectivity index (χ4n) is 3.30. The predicted molar refractivity (Wildman–Crippen MR) is 105 cm³/mol. The monoisotopic (exact) mass is 450 g/mol. The zero-order valence-corrected chi connectivity index (χ0v) is 17.6. The first kappa shape index (κ1) is 18.3. The number of fused-ring (bicyclic) bond motifs is 1. The van der Waals surface area contributed by atoms with Gasteiger partial charge in [0, 0.05) is 31.3 Å². The minimum Gasteiger partial charge on any atom is -0.497 e. The molecule has 0 N–H and O–H groups in total. The largest absolute Gasteiger partial charge is 0.497 e. The van der Waals surface area contributed by atoms with Crippen LogP contribution in [-0.2, 0) is 13.1 Å². The maximum atomic E-state index is 5.54. The summed E-state index contributed by atoms with van der Waals surface area (Å²) in [6.07, 6.45) is 0. The highest BCUT2D eigenvalue weighted by Crippen LogP contribution is 2.32. The van der Waals surface area contributed by atoms with Crippen LogP contribution in [0.5, 0.6) is 11.5 Å². The molecule has 3 heterocycles. The van der Waals surface area contributed by atoms with Gasteiger partial charge < -0.3 is 14.0 Å². The third-order valence-corrected chi connectivity index (χ3v) is 6.07. The smallest absolute Gasteiger partial charge is 0.209 e. The molecule has 2 aromatic heterocycles. The second kappa shape index (κ2) is 7.53. The Labute approximate surface area is 169 Å². The molecule has 0 radical (unpaired) electrons. The molecule has 0 bridgehead atoms. The number of benzene rings is 1. The summed E-state index contributed by atoms with van der Waals surface area (Å²) in [4.78, 5) is 6.74. The van der Waals surface area contributed by atoms with Crippen LogP contribution in [0.1, 0.15) is 24.4 Å². The Morgan fingerprint density at radius 3 is 2.78 bits per heavy atom. The summed E-state index contributed by atoms with van der Waals surface area (Å²) in [5, 5.41) is 9.57. The quantitative estimate of drug-likeness (QED) is 0.590. The second-order valence-electron chi connectivity index (χ2n) is 6.23. The first-order valence-electron chi connectivity index (χ1n) is 8.48. The summed E-state index contributed by atoms with van der Waals surface area (Å²) in [6.45, 7) is 4.60. The van der Waals surface area contributed by atoms with Gasteiger partial charge in [-0.1, -0.05) is 6.07 Å². The van der Waals surface area contributed by atoms with Crippen molar-refractivity contribution in [2.75, 3.05) is 20.8 Å². The van der Waals surface area contributed by atoms with E-state index in [1.54, 1.807) is 14.2 Å². The van der Waals surface area contributed by atoms with Gasteiger partial charge in [-0.15, -0.1) is 10.2 Å². The first-order chi connectivity index (χ1) is 13.1. The van der Waals surface area contributed by atoms with E-state index in [2.05, 4.69) is 51.9 Å². The number of ether oxygens (including phenoxy) is 2. The van der Waals surface area contributed by atoms with Gasteiger partial charge in [-0.25, -0.2) is 4.98 Å². The third kappa shape index (κ3) is 3.44. The molecule has 8 nitrogen and oxygen atoms in total. The van der Waals surface area contributed by atoms with Crippen molar-refractivity contribution in [3.63, 3.8) is 0 Å². The van der Waals surface area contributed by atoms with Gasteiger partial charge in [-0.05, 0) is 40.5 Å². The van der Waals surface area contributed by atoms with Gasteiger partial charge in [0.05, 0.1) is 20.3 Å². The van der Waals surface area contributed by atoms with Crippen molar-refractivity contribution in [3.8, 4) is 22.3 Å². The van der Waals surface area contributed by atoms with E-state index in [-0.39, 0.29) is 6.04 Å². The van der Waals surface area contributed by atoms with E-state index < -0.39 is 0 Å². The van der Waals surface area contributed by atoms with Crippen LogP contribution < -0.4 is 9.47 Å². The van der Waals surface area contributed by atoms with Crippen molar-refractivity contribution < 1.29 is 9.47 Å². The minimum absolute atomic E-state index is 0.128. The van der Waals surface area contributed by atoms with Crippen LogP contribution in [0.3, 0.4) is 0 Å². The Morgan fingerprint density at radius 1 is 1.22 bits per heavy atom. The second-order valence-corrected chi connectivity index (χ2v) is 7.69. The Hall–Kier alpha value is -2.04. The lowest BCUT2D eigenvalue weighted by molar-refractivity contribution is 0.155. The molecule has 0 aliphatic carbocycles. The van der Waals surface area contributed by atoms with Gasteiger partial charge in [0.1, 0.15) is 11.5 Å². The summed E-state index contributed by atoms with van der Waals surface area (Å²) in [5.41, 5.74) is 1.12. The average molecular weight is 451 g/mol. The van der Waals surface area contributed by atoms with Crippen molar-refractivity contribution in [1.29, 1.82) is 0 Å². The molecule has 4 rings (SSSR count). The number of nitrogens with zero attached hydrogens (tertiary/aromatic N) is 6. The predicted octanol–water partition coefficient (Wildman–Crippen LogP) is 3.15. The molecule has 0 fully saturated rings. The normalized spacial score (nSPS) is 17.0. The van der Waals surface area contributed by atoms with Gasteiger partial charge in [-0.3, -0.25) is 4.90 Å². The molecule has 1 aromatic carbocycles. The molecule has 0 unspecified atom stereocenters. The lowest BCUT2D eigenvalue weighted by Gasteiger charge is -2.33. The molecule has 1 aliphatic heterocycles. The summed E-state index contributed by atoms with van der Waals surface area (Å²) in [5.74, 6) is 3.33. The van der Waals surface area contributed by atoms with E-state index in [0.717, 1.165) is 53.4 Å². The molecule has 0 spiro atoms. The molecule has 142 valence electrons. The molecular weight excluding hydrogens is 432 g/mol. The number of aromatic nitrogens is 5. The fourth-order valence-corrected chi connectivity index (χ4v) is 4.38. The number of halogens is 1. The molecule has 27 heavy (non-hydrogen) atoms.